The highest BCUT2D eigenvalue weighted by atomic mass is 35.5. The summed E-state index contributed by atoms with van der Waals surface area (Å²) in [6, 6.07) is 1.73. The molecule has 1 N–H and O–H groups in total. The Morgan fingerprint density at radius 2 is 2.11 bits per heavy atom. The first-order valence-corrected chi connectivity index (χ1v) is 6.91. The number of carbonyl (C=O) groups is 1. The number of halogens is 1. The minimum atomic E-state index is -0.149. The molecule has 1 aromatic rings. The first-order valence-electron chi connectivity index (χ1n) is 6.53. The molecule has 1 amide bonds. The highest BCUT2D eigenvalue weighted by Gasteiger charge is 2.31. The third kappa shape index (κ3) is 3.45. The van der Waals surface area contributed by atoms with E-state index in [4.69, 9.17) is 11.6 Å². The summed E-state index contributed by atoms with van der Waals surface area (Å²) < 4.78 is 0. The standard InChI is InChI=1S/C14H20ClN3O/c1-10-8-11(12(15)9-16-10)13(19)17-14(2)4-6-18(3)7-5-14/h8-9H,4-7H2,1-3H3,(H,17,19). The van der Waals surface area contributed by atoms with Gasteiger partial charge in [0.15, 0.2) is 0 Å². The van der Waals surface area contributed by atoms with E-state index in [0.29, 0.717) is 10.6 Å². The number of piperidine rings is 1. The van der Waals surface area contributed by atoms with E-state index in [-0.39, 0.29) is 11.4 Å². The van der Waals surface area contributed by atoms with E-state index in [1.165, 1.54) is 6.20 Å². The number of aromatic nitrogens is 1. The predicted molar refractivity (Wildman–Crippen MR) is 76.6 cm³/mol. The third-order valence-corrected chi connectivity index (χ3v) is 4.04. The van der Waals surface area contributed by atoms with Crippen molar-refractivity contribution >= 4 is 17.5 Å². The number of rotatable bonds is 2. The summed E-state index contributed by atoms with van der Waals surface area (Å²) in [6.07, 6.45) is 3.44. The predicted octanol–water partition coefficient (Wildman–Crippen LogP) is 2.26. The van der Waals surface area contributed by atoms with Crippen LogP contribution in [0.15, 0.2) is 12.3 Å². The number of pyridine rings is 1. The van der Waals surface area contributed by atoms with Crippen molar-refractivity contribution in [1.82, 2.24) is 15.2 Å². The first-order chi connectivity index (χ1) is 8.89. The van der Waals surface area contributed by atoms with Gasteiger partial charge in [-0.15, -0.1) is 0 Å². The Labute approximate surface area is 119 Å². The molecule has 1 aliphatic rings. The number of hydrogen-bond donors (Lipinski definition) is 1. The number of nitrogens with zero attached hydrogens (tertiary/aromatic N) is 2. The lowest BCUT2D eigenvalue weighted by molar-refractivity contribution is 0.0852. The van der Waals surface area contributed by atoms with Gasteiger partial charge in [-0.3, -0.25) is 9.78 Å². The second-order valence-corrected chi connectivity index (χ2v) is 6.03. The van der Waals surface area contributed by atoms with Crippen LogP contribution in [0.2, 0.25) is 5.02 Å². The summed E-state index contributed by atoms with van der Waals surface area (Å²) in [5.41, 5.74) is 1.15. The summed E-state index contributed by atoms with van der Waals surface area (Å²) in [6.45, 7) is 5.95. The fraction of sp³-hybridized carbons (Fsp3) is 0.571. The zero-order chi connectivity index (χ0) is 14.0. The molecule has 0 saturated carbocycles. The van der Waals surface area contributed by atoms with Gasteiger partial charge in [0.25, 0.3) is 5.91 Å². The topological polar surface area (TPSA) is 45.2 Å². The second-order valence-electron chi connectivity index (χ2n) is 5.62. The molecule has 0 bridgehead atoms. The van der Waals surface area contributed by atoms with Crippen molar-refractivity contribution in [3.05, 3.63) is 28.5 Å². The lowest BCUT2D eigenvalue weighted by Crippen LogP contribution is -2.52. The summed E-state index contributed by atoms with van der Waals surface area (Å²) >= 11 is 6.05. The van der Waals surface area contributed by atoms with Crippen molar-refractivity contribution in [2.24, 2.45) is 0 Å². The molecule has 1 aliphatic heterocycles. The van der Waals surface area contributed by atoms with Crippen LogP contribution >= 0.6 is 11.6 Å². The Balaban J connectivity index is 2.10. The van der Waals surface area contributed by atoms with Crippen LogP contribution in [0.5, 0.6) is 0 Å². The normalized spacial score (nSPS) is 19.2. The molecule has 0 radical (unpaired) electrons. The van der Waals surface area contributed by atoms with Crippen molar-refractivity contribution in [3.8, 4) is 0 Å². The van der Waals surface area contributed by atoms with Gasteiger partial charge in [-0.05, 0) is 39.8 Å². The Kier molecular flexibility index (Phi) is 4.11. The average molecular weight is 282 g/mol. The maximum absolute atomic E-state index is 12.3. The molecule has 0 spiro atoms. The van der Waals surface area contributed by atoms with Crippen LogP contribution in [0.3, 0.4) is 0 Å². The van der Waals surface area contributed by atoms with Gasteiger partial charge in [0.05, 0.1) is 10.6 Å². The minimum absolute atomic E-state index is 0.109. The summed E-state index contributed by atoms with van der Waals surface area (Å²) in [5.74, 6) is -0.109. The minimum Gasteiger partial charge on any atom is -0.347 e. The van der Waals surface area contributed by atoms with Gasteiger partial charge in [-0.2, -0.15) is 0 Å². The van der Waals surface area contributed by atoms with Crippen LogP contribution in [0.1, 0.15) is 35.8 Å². The molecule has 0 unspecified atom stereocenters. The van der Waals surface area contributed by atoms with Crippen molar-refractivity contribution < 1.29 is 4.79 Å². The van der Waals surface area contributed by atoms with E-state index < -0.39 is 0 Å². The van der Waals surface area contributed by atoms with Gasteiger partial charge < -0.3 is 10.2 Å². The first kappa shape index (κ1) is 14.3. The van der Waals surface area contributed by atoms with Crippen LogP contribution < -0.4 is 5.32 Å². The number of carbonyl (C=O) groups excluding carboxylic acids is 1. The molecular weight excluding hydrogens is 262 g/mol. The quantitative estimate of drug-likeness (QED) is 0.904. The molecule has 1 saturated heterocycles. The second kappa shape index (κ2) is 5.47. The fourth-order valence-corrected chi connectivity index (χ4v) is 2.48. The van der Waals surface area contributed by atoms with E-state index in [1.54, 1.807) is 6.07 Å². The van der Waals surface area contributed by atoms with Gasteiger partial charge in [-0.1, -0.05) is 11.6 Å². The van der Waals surface area contributed by atoms with Crippen LogP contribution in [0.25, 0.3) is 0 Å². The Hall–Kier alpha value is -1.13. The molecule has 104 valence electrons. The fourth-order valence-electron chi connectivity index (χ4n) is 2.30. The molecule has 4 nitrogen and oxygen atoms in total. The number of nitrogens with one attached hydrogen (secondary N) is 1. The molecule has 19 heavy (non-hydrogen) atoms. The Morgan fingerprint density at radius 1 is 1.47 bits per heavy atom. The van der Waals surface area contributed by atoms with Crippen molar-refractivity contribution in [2.75, 3.05) is 20.1 Å². The third-order valence-electron chi connectivity index (χ3n) is 3.74. The van der Waals surface area contributed by atoms with Gasteiger partial charge in [-0.25, -0.2) is 0 Å². The lowest BCUT2D eigenvalue weighted by atomic mass is 9.89. The number of likely N-dealkylation sites (tertiary alicyclic amines) is 1. The lowest BCUT2D eigenvalue weighted by Gasteiger charge is -2.38. The van der Waals surface area contributed by atoms with Crippen molar-refractivity contribution in [3.63, 3.8) is 0 Å². The van der Waals surface area contributed by atoms with Gasteiger partial charge in [0, 0.05) is 30.5 Å². The average Bonchev–Trinajstić information content (AvgIpc) is 2.36. The number of aryl methyl sites for hydroxylation is 1. The number of hydrogen-bond acceptors (Lipinski definition) is 3. The smallest absolute Gasteiger partial charge is 0.253 e. The van der Waals surface area contributed by atoms with Crippen LogP contribution in [-0.4, -0.2) is 41.5 Å². The van der Waals surface area contributed by atoms with Gasteiger partial charge >= 0.3 is 0 Å². The number of amides is 1. The molecule has 5 heteroatoms. The largest absolute Gasteiger partial charge is 0.347 e. The SMILES string of the molecule is Cc1cc(C(=O)NC2(C)CCN(C)CC2)c(Cl)cn1. The van der Waals surface area contributed by atoms with Gasteiger partial charge in [0.2, 0.25) is 0 Å². The summed E-state index contributed by atoms with van der Waals surface area (Å²) in [5, 5.41) is 3.52. The molecule has 0 aromatic carbocycles. The maximum Gasteiger partial charge on any atom is 0.253 e. The highest BCUT2D eigenvalue weighted by Crippen LogP contribution is 2.23. The van der Waals surface area contributed by atoms with Crippen LogP contribution in [0.4, 0.5) is 0 Å². The molecular formula is C14H20ClN3O. The Morgan fingerprint density at radius 3 is 2.74 bits per heavy atom. The van der Waals surface area contributed by atoms with E-state index in [1.807, 2.05) is 6.92 Å². The molecule has 0 atom stereocenters. The molecule has 1 fully saturated rings. The zero-order valence-electron chi connectivity index (χ0n) is 11.7. The monoisotopic (exact) mass is 281 g/mol. The van der Waals surface area contributed by atoms with E-state index in [0.717, 1.165) is 31.6 Å². The maximum atomic E-state index is 12.3. The zero-order valence-corrected chi connectivity index (χ0v) is 12.4. The van der Waals surface area contributed by atoms with Crippen LogP contribution in [0, 0.1) is 6.92 Å². The van der Waals surface area contributed by atoms with E-state index in [2.05, 4.69) is 29.2 Å². The molecule has 2 heterocycles. The molecule has 2 rings (SSSR count). The summed E-state index contributed by atoms with van der Waals surface area (Å²) in [7, 11) is 2.10. The van der Waals surface area contributed by atoms with Crippen molar-refractivity contribution in [2.45, 2.75) is 32.2 Å². The molecule has 0 aliphatic carbocycles. The highest BCUT2D eigenvalue weighted by molar-refractivity contribution is 6.33. The van der Waals surface area contributed by atoms with Crippen molar-refractivity contribution in [1.29, 1.82) is 0 Å². The van der Waals surface area contributed by atoms with E-state index >= 15 is 0 Å². The van der Waals surface area contributed by atoms with E-state index in [9.17, 15) is 4.79 Å². The summed E-state index contributed by atoms with van der Waals surface area (Å²) in [4.78, 5) is 18.7. The molecule has 1 aromatic heterocycles. The Bertz CT molecular complexity index is 482. The van der Waals surface area contributed by atoms with Gasteiger partial charge in [0.1, 0.15) is 0 Å². The van der Waals surface area contributed by atoms with Crippen LogP contribution in [-0.2, 0) is 0 Å².